The monoisotopic (exact) mass is 234 g/mol. The van der Waals surface area contributed by atoms with Gasteiger partial charge in [0.1, 0.15) is 0 Å². The Morgan fingerprint density at radius 1 is 1.38 bits per heavy atom. The number of carbonyl (C=O) groups is 1. The van der Waals surface area contributed by atoms with Crippen LogP contribution in [0.25, 0.3) is 0 Å². The van der Waals surface area contributed by atoms with Crippen LogP contribution in [0.3, 0.4) is 0 Å². The zero-order valence-corrected chi connectivity index (χ0v) is 9.80. The number of hydrogen-bond acceptors (Lipinski definition) is 2. The summed E-state index contributed by atoms with van der Waals surface area (Å²) in [5, 5.41) is 0. The maximum absolute atomic E-state index is 11.8. The largest absolute Gasteiger partial charge is 0.393 e. The molecular weight excluding hydrogens is 220 g/mol. The van der Waals surface area contributed by atoms with Crippen molar-refractivity contribution in [1.82, 2.24) is 4.90 Å². The van der Waals surface area contributed by atoms with Crippen molar-refractivity contribution < 1.29 is 4.79 Å². The topological polar surface area (TPSA) is 46.3 Å². The standard InChI is InChI=1S/C12H14N2OS/c13-11(16)7-12(15)14-6-5-9-3-1-2-4-10(9)8-14/h1-4H,5-8H2,(H2,13,16). The first-order valence-electron chi connectivity index (χ1n) is 5.29. The van der Waals surface area contributed by atoms with Gasteiger partial charge in [0.25, 0.3) is 0 Å². The summed E-state index contributed by atoms with van der Waals surface area (Å²) in [6.45, 7) is 1.44. The van der Waals surface area contributed by atoms with Gasteiger partial charge in [-0.2, -0.15) is 0 Å². The van der Waals surface area contributed by atoms with Crippen LogP contribution in [0.15, 0.2) is 24.3 Å². The van der Waals surface area contributed by atoms with E-state index in [0.717, 1.165) is 13.0 Å². The van der Waals surface area contributed by atoms with E-state index in [2.05, 4.69) is 12.1 Å². The van der Waals surface area contributed by atoms with Gasteiger partial charge in [-0.3, -0.25) is 4.79 Å². The number of nitrogens with zero attached hydrogens (tertiary/aromatic N) is 1. The van der Waals surface area contributed by atoms with Gasteiger partial charge in [0, 0.05) is 13.1 Å². The molecular formula is C12H14N2OS. The van der Waals surface area contributed by atoms with E-state index in [9.17, 15) is 4.79 Å². The molecule has 0 bridgehead atoms. The Morgan fingerprint density at radius 2 is 2.06 bits per heavy atom. The second-order valence-electron chi connectivity index (χ2n) is 3.98. The van der Waals surface area contributed by atoms with Gasteiger partial charge >= 0.3 is 0 Å². The summed E-state index contributed by atoms with van der Waals surface area (Å²) >= 11 is 4.75. The van der Waals surface area contributed by atoms with Gasteiger partial charge in [0.2, 0.25) is 5.91 Å². The van der Waals surface area contributed by atoms with E-state index in [1.54, 1.807) is 0 Å². The van der Waals surface area contributed by atoms with Crippen LogP contribution in [0.2, 0.25) is 0 Å². The first-order valence-corrected chi connectivity index (χ1v) is 5.70. The van der Waals surface area contributed by atoms with Crippen molar-refractivity contribution in [2.75, 3.05) is 6.54 Å². The molecule has 1 aliphatic rings. The lowest BCUT2D eigenvalue weighted by molar-refractivity contribution is -0.130. The molecule has 2 rings (SSSR count). The third-order valence-electron chi connectivity index (χ3n) is 2.81. The molecule has 1 aliphatic heterocycles. The van der Waals surface area contributed by atoms with Gasteiger partial charge in [0.05, 0.1) is 11.4 Å². The molecule has 1 aromatic rings. The van der Waals surface area contributed by atoms with Crippen LogP contribution in [0.4, 0.5) is 0 Å². The Morgan fingerprint density at radius 3 is 2.75 bits per heavy atom. The molecule has 0 saturated heterocycles. The summed E-state index contributed by atoms with van der Waals surface area (Å²) in [6.07, 6.45) is 1.09. The smallest absolute Gasteiger partial charge is 0.229 e. The SMILES string of the molecule is NC(=S)CC(=O)N1CCc2ccccc2C1. The van der Waals surface area contributed by atoms with Crippen LogP contribution in [-0.2, 0) is 17.8 Å². The maximum Gasteiger partial charge on any atom is 0.229 e. The predicted octanol–water partition coefficient (Wildman–Crippen LogP) is 1.25. The van der Waals surface area contributed by atoms with Crippen LogP contribution in [0.5, 0.6) is 0 Å². The normalized spacial score (nSPS) is 14.4. The minimum atomic E-state index is 0.0296. The second-order valence-corrected chi connectivity index (χ2v) is 4.50. The summed E-state index contributed by atoms with van der Waals surface area (Å²) in [6, 6.07) is 8.21. The van der Waals surface area contributed by atoms with Crippen molar-refractivity contribution in [2.24, 2.45) is 5.73 Å². The molecule has 0 aromatic heterocycles. The van der Waals surface area contributed by atoms with E-state index in [1.807, 2.05) is 17.0 Å². The van der Waals surface area contributed by atoms with Gasteiger partial charge < -0.3 is 10.6 Å². The first kappa shape index (κ1) is 11.1. The van der Waals surface area contributed by atoms with Crippen LogP contribution in [0.1, 0.15) is 17.5 Å². The fraction of sp³-hybridized carbons (Fsp3) is 0.333. The zero-order chi connectivity index (χ0) is 11.5. The number of benzene rings is 1. The highest BCUT2D eigenvalue weighted by Crippen LogP contribution is 2.18. The summed E-state index contributed by atoms with van der Waals surface area (Å²) in [7, 11) is 0. The summed E-state index contributed by atoms with van der Waals surface area (Å²) in [5.74, 6) is 0.0296. The molecule has 2 N–H and O–H groups in total. The maximum atomic E-state index is 11.8. The number of hydrogen-bond donors (Lipinski definition) is 1. The average molecular weight is 234 g/mol. The Bertz CT molecular complexity index is 431. The van der Waals surface area contributed by atoms with E-state index in [1.165, 1.54) is 11.1 Å². The third kappa shape index (κ3) is 2.39. The number of thiocarbonyl (C=S) groups is 1. The van der Waals surface area contributed by atoms with Crippen molar-refractivity contribution in [2.45, 2.75) is 19.4 Å². The molecule has 16 heavy (non-hydrogen) atoms. The number of carbonyl (C=O) groups excluding carboxylic acids is 1. The quantitative estimate of drug-likeness (QED) is 0.783. The van der Waals surface area contributed by atoms with Gasteiger partial charge in [-0.15, -0.1) is 0 Å². The summed E-state index contributed by atoms with van der Waals surface area (Å²) < 4.78 is 0. The van der Waals surface area contributed by atoms with E-state index < -0.39 is 0 Å². The lowest BCUT2D eigenvalue weighted by Crippen LogP contribution is -2.37. The molecule has 0 spiro atoms. The molecule has 0 fully saturated rings. The van der Waals surface area contributed by atoms with Crippen LogP contribution >= 0.6 is 12.2 Å². The predicted molar refractivity (Wildman–Crippen MR) is 67.0 cm³/mol. The van der Waals surface area contributed by atoms with Crippen molar-refractivity contribution in [3.8, 4) is 0 Å². The number of fused-ring (bicyclic) bond motifs is 1. The van der Waals surface area contributed by atoms with E-state index >= 15 is 0 Å². The Hall–Kier alpha value is -1.42. The van der Waals surface area contributed by atoms with Crippen molar-refractivity contribution >= 4 is 23.1 Å². The fourth-order valence-electron chi connectivity index (χ4n) is 1.97. The van der Waals surface area contributed by atoms with E-state index in [4.69, 9.17) is 18.0 Å². The van der Waals surface area contributed by atoms with Gasteiger partial charge in [0.15, 0.2) is 0 Å². The number of rotatable bonds is 2. The highest BCUT2D eigenvalue weighted by Gasteiger charge is 2.20. The molecule has 4 heteroatoms. The molecule has 3 nitrogen and oxygen atoms in total. The molecule has 0 aliphatic carbocycles. The fourth-order valence-corrected chi connectivity index (χ4v) is 2.09. The Labute approximate surface area is 100 Å². The van der Waals surface area contributed by atoms with Crippen molar-refractivity contribution in [1.29, 1.82) is 0 Å². The van der Waals surface area contributed by atoms with E-state index in [-0.39, 0.29) is 17.3 Å². The lowest BCUT2D eigenvalue weighted by atomic mass is 10.00. The van der Waals surface area contributed by atoms with Gasteiger partial charge in [-0.25, -0.2) is 0 Å². The van der Waals surface area contributed by atoms with Crippen LogP contribution < -0.4 is 5.73 Å². The second kappa shape index (κ2) is 4.61. The molecule has 1 amide bonds. The highest BCUT2D eigenvalue weighted by atomic mass is 32.1. The van der Waals surface area contributed by atoms with E-state index in [0.29, 0.717) is 6.54 Å². The third-order valence-corrected chi connectivity index (χ3v) is 2.95. The molecule has 1 aromatic carbocycles. The zero-order valence-electron chi connectivity index (χ0n) is 8.98. The number of amides is 1. The Balaban J connectivity index is 2.08. The molecule has 0 unspecified atom stereocenters. The van der Waals surface area contributed by atoms with Crippen molar-refractivity contribution in [3.05, 3.63) is 35.4 Å². The molecule has 1 heterocycles. The minimum absolute atomic E-state index is 0.0296. The molecule has 0 saturated carbocycles. The van der Waals surface area contributed by atoms with Crippen LogP contribution in [-0.4, -0.2) is 22.3 Å². The molecule has 84 valence electrons. The lowest BCUT2D eigenvalue weighted by Gasteiger charge is -2.28. The average Bonchev–Trinajstić information content (AvgIpc) is 2.27. The van der Waals surface area contributed by atoms with Gasteiger partial charge in [-0.05, 0) is 17.5 Å². The first-order chi connectivity index (χ1) is 7.66. The summed E-state index contributed by atoms with van der Waals surface area (Å²) in [4.78, 5) is 13.9. The highest BCUT2D eigenvalue weighted by molar-refractivity contribution is 7.80. The van der Waals surface area contributed by atoms with Gasteiger partial charge in [-0.1, -0.05) is 36.5 Å². The molecule has 0 atom stereocenters. The van der Waals surface area contributed by atoms with Crippen molar-refractivity contribution in [3.63, 3.8) is 0 Å². The minimum Gasteiger partial charge on any atom is -0.393 e. The summed E-state index contributed by atoms with van der Waals surface area (Å²) in [5.41, 5.74) is 7.94. The van der Waals surface area contributed by atoms with Crippen LogP contribution in [0, 0.1) is 0 Å². The number of nitrogens with two attached hydrogens (primary N) is 1. The molecule has 0 radical (unpaired) electrons. The Kier molecular flexibility index (Phi) is 3.19.